The van der Waals surface area contributed by atoms with Crippen LogP contribution in [-0.4, -0.2) is 37.1 Å². The molecule has 0 saturated heterocycles. The molecule has 0 saturated carbocycles. The summed E-state index contributed by atoms with van der Waals surface area (Å²) >= 11 is 3.32. The van der Waals surface area contributed by atoms with Crippen LogP contribution >= 0.6 is 15.9 Å². The van der Waals surface area contributed by atoms with Crippen molar-refractivity contribution in [1.82, 2.24) is 14.7 Å². The molecule has 2 aromatic carbocycles. The van der Waals surface area contributed by atoms with Gasteiger partial charge in [0, 0.05) is 24.8 Å². The van der Waals surface area contributed by atoms with E-state index in [1.54, 1.807) is 12.1 Å². The van der Waals surface area contributed by atoms with Gasteiger partial charge in [-0.15, -0.1) is 0 Å². The quantitative estimate of drug-likeness (QED) is 0.142. The Bertz CT molecular complexity index is 1370. The molecular weight excluding hydrogens is 579 g/mol. The number of unbranched alkanes of at least 4 members (excludes halogenated alkanes) is 5. The molecule has 202 valence electrons. The van der Waals surface area contributed by atoms with Crippen molar-refractivity contribution in [3.05, 3.63) is 64.5 Å². The molecule has 1 amide bonds. The highest BCUT2D eigenvalue weighted by atomic mass is 79.9. The number of nitrogens with one attached hydrogen (secondary N) is 3. The van der Waals surface area contributed by atoms with Crippen LogP contribution in [0.1, 0.15) is 48.9 Å². The zero-order chi connectivity index (χ0) is 27.5. The van der Waals surface area contributed by atoms with Crippen LogP contribution in [0.2, 0.25) is 0 Å². The summed E-state index contributed by atoms with van der Waals surface area (Å²) in [5, 5.41) is 5.86. The average Bonchev–Trinajstić information content (AvgIpc) is 2.88. The molecule has 0 bridgehead atoms. The lowest BCUT2D eigenvalue weighted by Gasteiger charge is -2.13. The Hall–Kier alpha value is -3.42. The van der Waals surface area contributed by atoms with Gasteiger partial charge in [0.1, 0.15) is 17.9 Å². The largest absolute Gasteiger partial charge is 0.365 e. The first-order valence-corrected chi connectivity index (χ1v) is 14.2. The number of hydrogen-bond donors (Lipinski definition) is 4. The molecule has 3 aromatic rings. The van der Waals surface area contributed by atoms with E-state index < -0.39 is 21.7 Å². The van der Waals surface area contributed by atoms with Crippen molar-refractivity contribution in [2.75, 3.05) is 17.2 Å². The zero-order valence-electron chi connectivity index (χ0n) is 20.4. The fourth-order valence-corrected chi connectivity index (χ4v) is 4.90. The maximum Gasteiger partial charge on any atom is 0.253 e. The summed E-state index contributed by atoms with van der Waals surface area (Å²) in [6.07, 6.45) is 7.32. The van der Waals surface area contributed by atoms with Gasteiger partial charge in [-0.25, -0.2) is 22.5 Å². The van der Waals surface area contributed by atoms with Crippen molar-refractivity contribution in [3.63, 3.8) is 0 Å². The Morgan fingerprint density at radius 3 is 2.45 bits per heavy atom. The van der Waals surface area contributed by atoms with Crippen LogP contribution in [0, 0.1) is 5.82 Å². The molecule has 0 aliphatic rings. The van der Waals surface area contributed by atoms with Gasteiger partial charge in [-0.2, -0.15) is 4.98 Å². The third-order valence-electron chi connectivity index (χ3n) is 5.47. The maximum atomic E-state index is 14.1. The lowest BCUT2D eigenvalue weighted by atomic mass is 10.1. The Morgan fingerprint density at radius 1 is 1.03 bits per heavy atom. The number of rotatable bonds is 15. The van der Waals surface area contributed by atoms with Crippen molar-refractivity contribution in [3.8, 4) is 0 Å². The molecule has 13 heteroatoms. The van der Waals surface area contributed by atoms with Crippen molar-refractivity contribution >= 4 is 61.3 Å². The van der Waals surface area contributed by atoms with Crippen LogP contribution in [0.25, 0.3) is 0 Å². The van der Waals surface area contributed by atoms with Crippen LogP contribution in [0.4, 0.5) is 27.5 Å². The molecule has 0 aliphatic carbocycles. The minimum Gasteiger partial charge on any atom is -0.365 e. The number of benzene rings is 2. The lowest BCUT2D eigenvalue weighted by Crippen LogP contribution is -2.24. The smallest absolute Gasteiger partial charge is 0.253 e. The molecule has 0 spiro atoms. The average molecular weight is 608 g/mol. The topological polar surface area (TPSA) is 156 Å². The number of halogens is 2. The van der Waals surface area contributed by atoms with Gasteiger partial charge in [-0.3, -0.25) is 4.79 Å². The van der Waals surface area contributed by atoms with Crippen LogP contribution < -0.4 is 21.1 Å². The predicted molar refractivity (Wildman–Crippen MR) is 147 cm³/mol. The van der Waals surface area contributed by atoms with Gasteiger partial charge in [-0.05, 0) is 65.2 Å². The van der Waals surface area contributed by atoms with E-state index in [0.717, 1.165) is 38.0 Å². The number of sulfonamides is 1. The van der Waals surface area contributed by atoms with Crippen LogP contribution in [0.15, 0.2) is 58.0 Å². The van der Waals surface area contributed by atoms with E-state index in [-0.39, 0.29) is 27.9 Å². The highest BCUT2D eigenvalue weighted by molar-refractivity contribution is 9.10. The van der Waals surface area contributed by atoms with Crippen molar-refractivity contribution in [1.29, 1.82) is 0 Å². The maximum absolute atomic E-state index is 14.1. The molecular formula is C25H28BrFN6O4S. The number of anilines is 4. The monoisotopic (exact) mass is 606 g/mol. The van der Waals surface area contributed by atoms with Crippen molar-refractivity contribution in [2.24, 2.45) is 5.73 Å². The number of carbonyl (C=O) groups excluding carboxylic acids is 2. The third kappa shape index (κ3) is 8.30. The Labute approximate surface area is 228 Å². The normalized spacial score (nSPS) is 11.2. The first kappa shape index (κ1) is 29.1. The summed E-state index contributed by atoms with van der Waals surface area (Å²) in [5.74, 6) is -1.26. The Kier molecular flexibility index (Phi) is 10.7. The number of nitrogens with zero attached hydrogens (tertiary/aromatic N) is 2. The molecule has 38 heavy (non-hydrogen) atoms. The van der Waals surface area contributed by atoms with E-state index >= 15 is 0 Å². The first-order valence-electron chi connectivity index (χ1n) is 11.9. The second-order valence-corrected chi connectivity index (χ2v) is 10.9. The predicted octanol–water partition coefficient (Wildman–Crippen LogP) is 4.78. The Balaban J connectivity index is 1.61. The van der Waals surface area contributed by atoms with Gasteiger partial charge in [0.05, 0.1) is 20.6 Å². The number of hydrogen-bond acceptors (Lipinski definition) is 8. The third-order valence-corrected chi connectivity index (χ3v) is 7.53. The first-order chi connectivity index (χ1) is 18.2. The second-order valence-electron chi connectivity index (χ2n) is 8.31. The molecule has 0 fully saturated rings. The summed E-state index contributed by atoms with van der Waals surface area (Å²) < 4.78 is 42.3. The second kappa shape index (κ2) is 13.9. The van der Waals surface area contributed by atoms with E-state index in [4.69, 9.17) is 5.73 Å². The molecule has 5 N–H and O–H groups in total. The highest BCUT2D eigenvalue weighted by Gasteiger charge is 2.16. The molecule has 0 aliphatic heterocycles. The lowest BCUT2D eigenvalue weighted by molar-refractivity contribution is -0.107. The van der Waals surface area contributed by atoms with Crippen molar-refractivity contribution in [2.45, 2.75) is 43.4 Å². The van der Waals surface area contributed by atoms with Gasteiger partial charge in [0.2, 0.25) is 16.0 Å². The Morgan fingerprint density at radius 2 is 1.74 bits per heavy atom. The fraction of sp³-hybridized carbons (Fsp3) is 0.280. The molecule has 0 unspecified atom stereocenters. The van der Waals surface area contributed by atoms with E-state index in [1.807, 2.05) is 0 Å². The summed E-state index contributed by atoms with van der Waals surface area (Å²) in [6, 6.07) is 10.2. The SMILES string of the molecule is NC(=O)c1c(F)cccc1Nc1nc(Nc2ccc(S(=O)(=O)NCCCCCCCC=O)cc2)ncc1Br. The van der Waals surface area contributed by atoms with Gasteiger partial charge >= 0.3 is 0 Å². The molecule has 0 radical (unpaired) electrons. The van der Waals surface area contributed by atoms with Gasteiger partial charge in [-0.1, -0.05) is 25.3 Å². The number of aromatic nitrogens is 2. The van der Waals surface area contributed by atoms with E-state index in [0.29, 0.717) is 29.5 Å². The van der Waals surface area contributed by atoms with E-state index in [9.17, 15) is 22.4 Å². The molecule has 1 heterocycles. The van der Waals surface area contributed by atoms with Gasteiger partial charge < -0.3 is 21.2 Å². The number of carbonyl (C=O) groups is 2. The fourth-order valence-electron chi connectivity index (χ4n) is 3.54. The summed E-state index contributed by atoms with van der Waals surface area (Å²) in [7, 11) is -3.65. The van der Waals surface area contributed by atoms with Crippen LogP contribution in [0.3, 0.4) is 0 Å². The molecule has 3 rings (SSSR count). The van der Waals surface area contributed by atoms with E-state index in [2.05, 4.69) is 41.3 Å². The summed E-state index contributed by atoms with van der Waals surface area (Å²) in [5.41, 5.74) is 5.69. The minimum absolute atomic E-state index is 0.123. The number of primary amides is 1. The number of amides is 1. The molecule has 1 aromatic heterocycles. The summed E-state index contributed by atoms with van der Waals surface area (Å²) in [6.45, 7) is 0.335. The van der Waals surface area contributed by atoms with Crippen LogP contribution in [-0.2, 0) is 14.8 Å². The van der Waals surface area contributed by atoms with E-state index in [1.165, 1.54) is 30.5 Å². The zero-order valence-corrected chi connectivity index (χ0v) is 22.8. The minimum atomic E-state index is -3.65. The van der Waals surface area contributed by atoms with Crippen LogP contribution in [0.5, 0.6) is 0 Å². The number of nitrogens with two attached hydrogens (primary N) is 1. The highest BCUT2D eigenvalue weighted by Crippen LogP contribution is 2.28. The molecule has 0 atom stereocenters. The van der Waals surface area contributed by atoms with Gasteiger partial charge in [0.25, 0.3) is 5.91 Å². The standard InChI is InChI=1S/C25H28BrFN6O4S/c26-19-16-29-25(33-24(19)32-21-9-7-8-20(27)22(21)23(28)35)31-17-10-12-18(13-11-17)38(36,37)30-14-5-3-1-2-4-6-15-34/h7-13,15-16,30H,1-6,14H2,(H2,28,35)(H2,29,31,32,33). The molecule has 10 nitrogen and oxygen atoms in total. The number of aldehydes is 1. The van der Waals surface area contributed by atoms with Gasteiger partial charge in [0.15, 0.2) is 0 Å². The summed E-state index contributed by atoms with van der Waals surface area (Å²) in [4.78, 5) is 30.6. The van der Waals surface area contributed by atoms with Crippen molar-refractivity contribution < 1.29 is 22.4 Å².